The van der Waals surface area contributed by atoms with Crippen LogP contribution in [0.2, 0.25) is 0 Å². The standard InChI is InChI=1S/C21H22N4OS2/c26-20(23-13-18-9-4-5-11-22-18)14-24-21(27)25(16-19-10-6-12-28-19)15-17-7-2-1-3-8-17/h1-12H,13-16H2,(H,23,26)(H,24,27). The fraction of sp³-hybridized carbons (Fsp3) is 0.190. The van der Waals surface area contributed by atoms with E-state index in [2.05, 4.69) is 44.1 Å². The maximum atomic E-state index is 12.1. The van der Waals surface area contributed by atoms with E-state index in [1.54, 1.807) is 17.5 Å². The molecular formula is C21H22N4OS2. The lowest BCUT2D eigenvalue weighted by molar-refractivity contribution is -0.120. The third-order valence-electron chi connectivity index (χ3n) is 4.02. The fourth-order valence-corrected chi connectivity index (χ4v) is 3.54. The van der Waals surface area contributed by atoms with Gasteiger partial charge in [-0.3, -0.25) is 9.78 Å². The van der Waals surface area contributed by atoms with Crippen LogP contribution in [0.5, 0.6) is 0 Å². The molecule has 3 aromatic rings. The lowest BCUT2D eigenvalue weighted by Gasteiger charge is -2.25. The van der Waals surface area contributed by atoms with E-state index >= 15 is 0 Å². The minimum atomic E-state index is -0.121. The predicted molar refractivity (Wildman–Crippen MR) is 117 cm³/mol. The van der Waals surface area contributed by atoms with E-state index in [0.717, 1.165) is 5.69 Å². The molecule has 2 heterocycles. The number of carbonyl (C=O) groups is 1. The number of thiophene rings is 1. The van der Waals surface area contributed by atoms with E-state index in [1.807, 2.05) is 42.5 Å². The van der Waals surface area contributed by atoms with E-state index in [1.165, 1.54) is 10.4 Å². The van der Waals surface area contributed by atoms with Crippen LogP contribution in [0.25, 0.3) is 0 Å². The molecule has 1 aromatic carbocycles. The molecule has 0 saturated carbocycles. The number of carbonyl (C=O) groups excluding carboxylic acids is 1. The van der Waals surface area contributed by atoms with Crippen molar-refractivity contribution >= 4 is 34.6 Å². The Morgan fingerprint density at radius 2 is 1.82 bits per heavy atom. The first-order valence-corrected chi connectivity index (χ1v) is 10.2. The Morgan fingerprint density at radius 1 is 1.00 bits per heavy atom. The van der Waals surface area contributed by atoms with Crippen LogP contribution in [-0.4, -0.2) is 27.4 Å². The van der Waals surface area contributed by atoms with Crippen molar-refractivity contribution < 1.29 is 4.79 Å². The first kappa shape index (κ1) is 20.0. The third-order valence-corrected chi connectivity index (χ3v) is 5.29. The van der Waals surface area contributed by atoms with Gasteiger partial charge in [0.15, 0.2) is 5.11 Å². The Balaban J connectivity index is 1.53. The molecule has 0 radical (unpaired) electrons. The SMILES string of the molecule is O=C(CNC(=S)N(Cc1ccccc1)Cc1cccs1)NCc1ccccn1. The van der Waals surface area contributed by atoms with Gasteiger partial charge in [-0.25, -0.2) is 0 Å². The molecule has 0 aliphatic rings. The smallest absolute Gasteiger partial charge is 0.239 e. The minimum Gasteiger partial charge on any atom is -0.353 e. The van der Waals surface area contributed by atoms with Crippen LogP contribution in [0.15, 0.2) is 72.2 Å². The molecule has 0 fully saturated rings. The number of hydrogen-bond donors (Lipinski definition) is 2. The molecule has 0 atom stereocenters. The van der Waals surface area contributed by atoms with E-state index in [4.69, 9.17) is 12.2 Å². The molecule has 3 rings (SSSR count). The molecule has 5 nitrogen and oxygen atoms in total. The normalized spacial score (nSPS) is 10.3. The summed E-state index contributed by atoms with van der Waals surface area (Å²) in [5, 5.41) is 8.54. The summed E-state index contributed by atoms with van der Waals surface area (Å²) in [5.74, 6) is -0.121. The summed E-state index contributed by atoms with van der Waals surface area (Å²) in [6.07, 6.45) is 1.71. The maximum absolute atomic E-state index is 12.1. The number of nitrogens with zero attached hydrogens (tertiary/aromatic N) is 2. The Labute approximate surface area is 174 Å². The first-order valence-electron chi connectivity index (χ1n) is 8.96. The molecule has 144 valence electrons. The molecule has 0 aliphatic heterocycles. The average molecular weight is 411 g/mol. The van der Waals surface area contributed by atoms with E-state index < -0.39 is 0 Å². The second-order valence-electron chi connectivity index (χ2n) is 6.18. The summed E-state index contributed by atoms with van der Waals surface area (Å²) >= 11 is 7.26. The van der Waals surface area contributed by atoms with Gasteiger partial charge in [0, 0.05) is 17.6 Å². The summed E-state index contributed by atoms with van der Waals surface area (Å²) in [4.78, 5) is 19.6. The predicted octanol–water partition coefficient (Wildman–Crippen LogP) is 3.34. The highest BCUT2D eigenvalue weighted by Crippen LogP contribution is 2.14. The van der Waals surface area contributed by atoms with E-state index in [-0.39, 0.29) is 12.5 Å². The number of rotatable bonds is 8. The summed E-state index contributed by atoms with van der Waals surface area (Å²) in [6, 6.07) is 19.9. The Kier molecular flexibility index (Phi) is 7.52. The van der Waals surface area contributed by atoms with Gasteiger partial charge in [0.1, 0.15) is 0 Å². The van der Waals surface area contributed by atoms with Gasteiger partial charge in [-0.05, 0) is 41.4 Å². The number of benzene rings is 1. The lowest BCUT2D eigenvalue weighted by atomic mass is 10.2. The quantitative estimate of drug-likeness (QED) is 0.558. The van der Waals surface area contributed by atoms with Gasteiger partial charge in [0.05, 0.1) is 25.3 Å². The van der Waals surface area contributed by atoms with Gasteiger partial charge in [0.2, 0.25) is 5.91 Å². The Morgan fingerprint density at radius 3 is 2.54 bits per heavy atom. The van der Waals surface area contributed by atoms with Crippen LogP contribution in [0.3, 0.4) is 0 Å². The van der Waals surface area contributed by atoms with Crippen LogP contribution < -0.4 is 10.6 Å². The maximum Gasteiger partial charge on any atom is 0.239 e. The van der Waals surface area contributed by atoms with Crippen LogP contribution in [0.1, 0.15) is 16.1 Å². The lowest BCUT2D eigenvalue weighted by Crippen LogP contribution is -2.43. The summed E-state index contributed by atoms with van der Waals surface area (Å²) in [6.45, 7) is 1.91. The molecule has 2 aromatic heterocycles. The van der Waals surface area contributed by atoms with Crippen molar-refractivity contribution in [2.24, 2.45) is 0 Å². The van der Waals surface area contributed by atoms with E-state index in [0.29, 0.717) is 24.7 Å². The van der Waals surface area contributed by atoms with Crippen molar-refractivity contribution in [2.75, 3.05) is 6.54 Å². The topological polar surface area (TPSA) is 57.3 Å². The molecule has 0 saturated heterocycles. The number of hydrogen-bond acceptors (Lipinski definition) is 4. The highest BCUT2D eigenvalue weighted by Gasteiger charge is 2.13. The van der Waals surface area contributed by atoms with Crippen LogP contribution in [-0.2, 0) is 24.4 Å². The molecular weight excluding hydrogens is 388 g/mol. The zero-order chi connectivity index (χ0) is 19.6. The van der Waals surface area contributed by atoms with Crippen molar-refractivity contribution in [1.82, 2.24) is 20.5 Å². The molecule has 1 amide bonds. The number of pyridine rings is 1. The second-order valence-corrected chi connectivity index (χ2v) is 7.60. The summed E-state index contributed by atoms with van der Waals surface area (Å²) in [5.41, 5.74) is 1.99. The van der Waals surface area contributed by atoms with Gasteiger partial charge in [-0.1, -0.05) is 42.5 Å². The van der Waals surface area contributed by atoms with Crippen molar-refractivity contribution in [1.29, 1.82) is 0 Å². The molecule has 7 heteroatoms. The van der Waals surface area contributed by atoms with Crippen LogP contribution in [0, 0.1) is 0 Å². The minimum absolute atomic E-state index is 0.121. The van der Waals surface area contributed by atoms with Gasteiger partial charge < -0.3 is 15.5 Å². The van der Waals surface area contributed by atoms with Crippen LogP contribution >= 0.6 is 23.6 Å². The number of amides is 1. The van der Waals surface area contributed by atoms with Gasteiger partial charge in [-0.2, -0.15) is 0 Å². The van der Waals surface area contributed by atoms with Gasteiger partial charge in [0.25, 0.3) is 0 Å². The van der Waals surface area contributed by atoms with Crippen LogP contribution in [0.4, 0.5) is 0 Å². The molecule has 0 bridgehead atoms. The molecule has 0 unspecified atom stereocenters. The largest absolute Gasteiger partial charge is 0.353 e. The highest BCUT2D eigenvalue weighted by molar-refractivity contribution is 7.80. The second kappa shape index (κ2) is 10.5. The highest BCUT2D eigenvalue weighted by atomic mass is 32.1. The molecule has 2 N–H and O–H groups in total. The molecule has 0 aliphatic carbocycles. The number of nitrogens with one attached hydrogen (secondary N) is 2. The average Bonchev–Trinajstić information content (AvgIpc) is 3.25. The number of thiocarbonyl (C=S) groups is 1. The van der Waals surface area contributed by atoms with Gasteiger partial charge in [-0.15, -0.1) is 11.3 Å². The van der Waals surface area contributed by atoms with Crippen molar-refractivity contribution in [3.05, 3.63) is 88.4 Å². The zero-order valence-corrected chi connectivity index (χ0v) is 17.0. The summed E-state index contributed by atoms with van der Waals surface area (Å²) in [7, 11) is 0. The van der Waals surface area contributed by atoms with Crippen molar-refractivity contribution in [2.45, 2.75) is 19.6 Å². The zero-order valence-electron chi connectivity index (χ0n) is 15.4. The monoisotopic (exact) mass is 410 g/mol. The van der Waals surface area contributed by atoms with E-state index in [9.17, 15) is 4.79 Å². The number of aromatic nitrogens is 1. The molecule has 28 heavy (non-hydrogen) atoms. The summed E-state index contributed by atoms with van der Waals surface area (Å²) < 4.78 is 0. The Bertz CT molecular complexity index is 870. The van der Waals surface area contributed by atoms with Crippen molar-refractivity contribution in [3.8, 4) is 0 Å². The Hall–Kier alpha value is -2.77. The van der Waals surface area contributed by atoms with Crippen molar-refractivity contribution in [3.63, 3.8) is 0 Å². The van der Waals surface area contributed by atoms with Gasteiger partial charge >= 0.3 is 0 Å². The fourth-order valence-electron chi connectivity index (χ4n) is 2.62. The first-order chi connectivity index (χ1) is 13.7. The third kappa shape index (κ3) is 6.44. The molecule has 0 spiro atoms.